The lowest BCUT2D eigenvalue weighted by Gasteiger charge is -2.13. The van der Waals surface area contributed by atoms with Gasteiger partial charge in [0.2, 0.25) is 5.89 Å². The lowest BCUT2D eigenvalue weighted by Crippen LogP contribution is -2.02. The molecule has 0 saturated carbocycles. The average molecular weight is 399 g/mol. The molecule has 0 radical (unpaired) electrons. The number of halogens is 1. The van der Waals surface area contributed by atoms with Crippen molar-refractivity contribution in [2.45, 2.75) is 24.8 Å². The first kappa shape index (κ1) is 17.7. The first-order valence-electron chi connectivity index (χ1n) is 8.17. The fraction of sp³-hybridized carbons (Fsp3) is 0.167. The van der Waals surface area contributed by atoms with E-state index in [0.29, 0.717) is 33.5 Å². The van der Waals surface area contributed by atoms with Crippen LogP contribution in [0.5, 0.6) is 0 Å². The first-order chi connectivity index (χ1) is 13.1. The Morgan fingerprint density at radius 2 is 1.93 bits per heavy atom. The highest BCUT2D eigenvalue weighted by Gasteiger charge is 2.19. The number of rotatable bonds is 5. The van der Waals surface area contributed by atoms with E-state index in [-0.39, 0.29) is 0 Å². The largest absolute Gasteiger partial charge is 0.338 e. The summed E-state index contributed by atoms with van der Waals surface area (Å²) in [7, 11) is 0. The maximum atomic E-state index is 6.35. The van der Waals surface area contributed by atoms with E-state index in [1.807, 2.05) is 41.8 Å². The van der Waals surface area contributed by atoms with Gasteiger partial charge in [-0.3, -0.25) is 9.55 Å². The van der Waals surface area contributed by atoms with Crippen LogP contribution >= 0.6 is 23.4 Å². The second-order valence-corrected chi connectivity index (χ2v) is 7.14. The van der Waals surface area contributed by atoms with Gasteiger partial charge in [0.25, 0.3) is 0 Å². The third kappa shape index (κ3) is 3.58. The molecule has 4 rings (SSSR count). The Bertz CT molecular complexity index is 1080. The van der Waals surface area contributed by atoms with Crippen molar-refractivity contribution in [3.05, 3.63) is 65.0 Å². The number of thioether (sulfide) groups is 1. The molecular weight excluding hydrogens is 384 g/mol. The molecule has 9 heteroatoms. The van der Waals surface area contributed by atoms with Crippen LogP contribution in [0.1, 0.15) is 17.3 Å². The highest BCUT2D eigenvalue weighted by molar-refractivity contribution is 7.98. The zero-order valence-electron chi connectivity index (χ0n) is 14.6. The number of aromatic nitrogens is 6. The summed E-state index contributed by atoms with van der Waals surface area (Å²) in [6.45, 7) is 3.76. The lowest BCUT2D eigenvalue weighted by molar-refractivity contribution is 0.387. The molecule has 3 aromatic heterocycles. The maximum absolute atomic E-state index is 6.35. The van der Waals surface area contributed by atoms with Crippen LogP contribution in [0.25, 0.3) is 17.1 Å². The second kappa shape index (κ2) is 7.50. The quantitative estimate of drug-likeness (QED) is 0.464. The van der Waals surface area contributed by atoms with Crippen molar-refractivity contribution in [1.82, 2.24) is 29.9 Å². The van der Waals surface area contributed by atoms with Gasteiger partial charge in [-0.2, -0.15) is 4.98 Å². The van der Waals surface area contributed by atoms with Crippen LogP contribution in [0.4, 0.5) is 0 Å². The van der Waals surface area contributed by atoms with Gasteiger partial charge in [-0.1, -0.05) is 34.6 Å². The van der Waals surface area contributed by atoms with Gasteiger partial charge in [0, 0.05) is 23.0 Å². The van der Waals surface area contributed by atoms with Crippen molar-refractivity contribution in [3.63, 3.8) is 0 Å². The van der Waals surface area contributed by atoms with Crippen LogP contribution < -0.4 is 0 Å². The molecule has 1 aromatic carbocycles. The molecule has 27 heavy (non-hydrogen) atoms. The zero-order valence-corrected chi connectivity index (χ0v) is 16.2. The molecule has 0 aliphatic rings. The van der Waals surface area contributed by atoms with Crippen molar-refractivity contribution in [2.24, 2.45) is 0 Å². The van der Waals surface area contributed by atoms with E-state index in [4.69, 9.17) is 16.1 Å². The molecule has 7 nitrogen and oxygen atoms in total. The van der Waals surface area contributed by atoms with Crippen LogP contribution in [-0.2, 0) is 5.75 Å². The van der Waals surface area contributed by atoms with Crippen molar-refractivity contribution in [2.75, 3.05) is 0 Å². The topological polar surface area (TPSA) is 82.5 Å². The molecule has 0 aliphatic carbocycles. The number of hydrogen-bond donors (Lipinski definition) is 0. The van der Waals surface area contributed by atoms with Gasteiger partial charge in [0.15, 0.2) is 16.8 Å². The van der Waals surface area contributed by atoms with Gasteiger partial charge in [0.1, 0.15) is 0 Å². The molecule has 4 aromatic rings. The lowest BCUT2D eigenvalue weighted by atomic mass is 10.2. The zero-order chi connectivity index (χ0) is 18.8. The van der Waals surface area contributed by atoms with Gasteiger partial charge < -0.3 is 4.52 Å². The fourth-order valence-electron chi connectivity index (χ4n) is 2.63. The molecule has 0 saturated heterocycles. The summed E-state index contributed by atoms with van der Waals surface area (Å²) < 4.78 is 7.19. The van der Waals surface area contributed by atoms with E-state index in [9.17, 15) is 0 Å². The summed E-state index contributed by atoms with van der Waals surface area (Å²) in [5.74, 6) is 2.36. The summed E-state index contributed by atoms with van der Waals surface area (Å²) in [6, 6.07) is 9.57. The fourth-order valence-corrected chi connectivity index (χ4v) is 3.58. The third-order valence-electron chi connectivity index (χ3n) is 3.95. The number of nitrogens with zero attached hydrogens (tertiary/aromatic N) is 6. The Labute approximate surface area is 164 Å². The van der Waals surface area contributed by atoms with Gasteiger partial charge in [-0.05, 0) is 43.7 Å². The predicted molar refractivity (Wildman–Crippen MR) is 103 cm³/mol. The number of pyridine rings is 1. The predicted octanol–water partition coefficient (Wildman–Crippen LogP) is 4.27. The standard InChI is InChI=1S/C18H15ClN6OS/c1-11-14(19)4-3-5-15(11)25-17(13-6-8-20-9-7-13)22-23-18(25)27-10-16-21-12(2)24-26-16/h3-9H,10H2,1-2H3. The van der Waals surface area contributed by atoms with Gasteiger partial charge in [0.05, 0.1) is 11.4 Å². The van der Waals surface area contributed by atoms with Crippen LogP contribution in [0, 0.1) is 13.8 Å². The molecule has 3 heterocycles. The summed E-state index contributed by atoms with van der Waals surface area (Å²) in [5.41, 5.74) is 2.78. The Kier molecular flexibility index (Phi) is 4.91. The van der Waals surface area contributed by atoms with E-state index >= 15 is 0 Å². The van der Waals surface area contributed by atoms with Gasteiger partial charge in [-0.15, -0.1) is 10.2 Å². The normalized spacial score (nSPS) is 11.1. The van der Waals surface area contributed by atoms with Crippen LogP contribution in [0.15, 0.2) is 52.4 Å². The monoisotopic (exact) mass is 398 g/mol. The molecule has 136 valence electrons. The van der Waals surface area contributed by atoms with E-state index < -0.39 is 0 Å². The van der Waals surface area contributed by atoms with Gasteiger partial charge >= 0.3 is 0 Å². The molecule has 0 unspecified atom stereocenters. The van der Waals surface area contributed by atoms with E-state index in [2.05, 4.69) is 25.3 Å². The third-order valence-corrected chi connectivity index (χ3v) is 5.27. The molecule has 0 atom stereocenters. The Hall–Kier alpha value is -2.71. The minimum atomic E-state index is 0.495. The van der Waals surface area contributed by atoms with E-state index in [0.717, 1.165) is 16.8 Å². The van der Waals surface area contributed by atoms with Crippen molar-refractivity contribution in [1.29, 1.82) is 0 Å². The minimum Gasteiger partial charge on any atom is -0.338 e. The number of aryl methyl sites for hydroxylation is 1. The summed E-state index contributed by atoms with van der Waals surface area (Å²) in [6.07, 6.45) is 3.46. The van der Waals surface area contributed by atoms with Crippen LogP contribution in [-0.4, -0.2) is 29.9 Å². The van der Waals surface area contributed by atoms with E-state index in [1.165, 1.54) is 11.8 Å². The van der Waals surface area contributed by atoms with Crippen molar-refractivity contribution < 1.29 is 4.52 Å². The number of benzene rings is 1. The number of hydrogen-bond acceptors (Lipinski definition) is 7. The summed E-state index contributed by atoms with van der Waals surface area (Å²) in [5, 5.41) is 14.0. The molecule has 0 bridgehead atoms. The summed E-state index contributed by atoms with van der Waals surface area (Å²) in [4.78, 5) is 8.32. The highest BCUT2D eigenvalue weighted by atomic mass is 35.5. The first-order valence-corrected chi connectivity index (χ1v) is 9.53. The smallest absolute Gasteiger partial charge is 0.237 e. The second-order valence-electron chi connectivity index (χ2n) is 5.79. The van der Waals surface area contributed by atoms with E-state index in [1.54, 1.807) is 19.3 Å². The Morgan fingerprint density at radius 3 is 2.67 bits per heavy atom. The SMILES string of the molecule is Cc1noc(CSc2nnc(-c3ccncc3)n2-c2cccc(Cl)c2C)n1. The van der Waals surface area contributed by atoms with Crippen molar-refractivity contribution in [3.8, 4) is 17.1 Å². The Balaban J connectivity index is 1.79. The minimum absolute atomic E-state index is 0.495. The summed E-state index contributed by atoms with van der Waals surface area (Å²) >= 11 is 7.83. The van der Waals surface area contributed by atoms with Crippen LogP contribution in [0.2, 0.25) is 5.02 Å². The molecule has 0 amide bonds. The van der Waals surface area contributed by atoms with Crippen molar-refractivity contribution >= 4 is 23.4 Å². The maximum Gasteiger partial charge on any atom is 0.237 e. The highest BCUT2D eigenvalue weighted by Crippen LogP contribution is 2.32. The Morgan fingerprint density at radius 1 is 1.11 bits per heavy atom. The molecule has 0 aliphatic heterocycles. The molecular formula is C18H15ClN6OS. The average Bonchev–Trinajstić information content (AvgIpc) is 3.29. The molecule has 0 fully saturated rings. The molecule has 0 spiro atoms. The van der Waals surface area contributed by atoms with Crippen LogP contribution in [0.3, 0.4) is 0 Å². The van der Waals surface area contributed by atoms with Gasteiger partial charge in [-0.25, -0.2) is 0 Å². The molecule has 0 N–H and O–H groups in total.